The van der Waals surface area contributed by atoms with E-state index in [1.165, 1.54) is 18.2 Å². The summed E-state index contributed by atoms with van der Waals surface area (Å²) in [6.07, 6.45) is 1.31. The maximum atomic E-state index is 12.9. The van der Waals surface area contributed by atoms with Crippen LogP contribution in [0.25, 0.3) is 0 Å². The van der Waals surface area contributed by atoms with Gasteiger partial charge in [0.25, 0.3) is 0 Å². The minimum Gasteiger partial charge on any atom is -0.457 e. The molecule has 0 aromatic heterocycles. The van der Waals surface area contributed by atoms with Crippen molar-refractivity contribution in [2.75, 3.05) is 38.0 Å². The van der Waals surface area contributed by atoms with Crippen LogP contribution in [0, 0.1) is 5.82 Å². The van der Waals surface area contributed by atoms with E-state index >= 15 is 0 Å². The molecule has 2 aromatic carbocycles. The van der Waals surface area contributed by atoms with Crippen molar-refractivity contribution in [2.24, 2.45) is 0 Å². The zero-order valence-corrected chi connectivity index (χ0v) is 15.4. The minimum atomic E-state index is -0.320. The van der Waals surface area contributed by atoms with Crippen molar-refractivity contribution in [3.8, 4) is 11.5 Å². The monoisotopic (exact) mass is 383 g/mol. The maximum Gasteiger partial charge on any atom is 0.246 e. The molecule has 0 bridgehead atoms. The number of nitrogens with zero attached hydrogens (tertiary/aromatic N) is 2. The number of carbonyl (C=O) groups is 2. The SMILES string of the molecule is C=CC(=O)N1CCN(CC(=O)Nc2ccc(Oc3ccc(F)cc3)cc2)CC1. The number of carbonyl (C=O) groups excluding carboxylic acids is 2. The first-order valence-corrected chi connectivity index (χ1v) is 9.00. The van der Waals surface area contributed by atoms with Crippen molar-refractivity contribution in [1.82, 2.24) is 9.80 Å². The van der Waals surface area contributed by atoms with Gasteiger partial charge in [0.2, 0.25) is 11.8 Å². The van der Waals surface area contributed by atoms with Crippen LogP contribution < -0.4 is 10.1 Å². The predicted molar refractivity (Wildman–Crippen MR) is 105 cm³/mol. The number of anilines is 1. The van der Waals surface area contributed by atoms with E-state index < -0.39 is 0 Å². The van der Waals surface area contributed by atoms with Crippen LogP contribution in [0.15, 0.2) is 61.2 Å². The normalized spacial score (nSPS) is 14.4. The Labute approximate surface area is 163 Å². The number of nitrogens with one attached hydrogen (secondary N) is 1. The lowest BCUT2D eigenvalue weighted by molar-refractivity contribution is -0.128. The Balaban J connectivity index is 1.46. The number of ether oxygens (including phenoxy) is 1. The van der Waals surface area contributed by atoms with Gasteiger partial charge in [-0.1, -0.05) is 6.58 Å². The summed E-state index contributed by atoms with van der Waals surface area (Å²) < 4.78 is 18.5. The quantitative estimate of drug-likeness (QED) is 0.780. The third kappa shape index (κ3) is 5.40. The molecule has 2 amide bonds. The van der Waals surface area contributed by atoms with E-state index in [1.807, 2.05) is 4.90 Å². The van der Waals surface area contributed by atoms with Gasteiger partial charge < -0.3 is 15.0 Å². The number of piperazine rings is 1. The van der Waals surface area contributed by atoms with Gasteiger partial charge in [-0.3, -0.25) is 14.5 Å². The van der Waals surface area contributed by atoms with E-state index in [0.29, 0.717) is 43.4 Å². The first-order valence-electron chi connectivity index (χ1n) is 9.00. The Kier molecular flexibility index (Phi) is 6.39. The van der Waals surface area contributed by atoms with E-state index in [9.17, 15) is 14.0 Å². The Bertz CT molecular complexity index is 829. The van der Waals surface area contributed by atoms with E-state index in [0.717, 1.165) is 0 Å². The standard InChI is InChI=1S/C21H22FN3O3/c1-2-21(27)25-13-11-24(12-14-25)15-20(26)23-17-5-9-19(10-6-17)28-18-7-3-16(22)4-8-18/h2-10H,1,11-15H2,(H,23,26). The molecule has 6 nitrogen and oxygen atoms in total. The van der Waals surface area contributed by atoms with Gasteiger partial charge in [-0.15, -0.1) is 0 Å². The molecule has 0 radical (unpaired) electrons. The van der Waals surface area contributed by atoms with Gasteiger partial charge in [-0.2, -0.15) is 0 Å². The molecule has 0 aliphatic carbocycles. The van der Waals surface area contributed by atoms with Crippen LogP contribution >= 0.6 is 0 Å². The van der Waals surface area contributed by atoms with Crippen LogP contribution in [0.4, 0.5) is 10.1 Å². The lowest BCUT2D eigenvalue weighted by atomic mass is 10.2. The fraction of sp³-hybridized carbons (Fsp3) is 0.238. The number of hydrogen-bond acceptors (Lipinski definition) is 4. The number of rotatable bonds is 6. The third-order valence-electron chi connectivity index (χ3n) is 4.41. The molecule has 7 heteroatoms. The van der Waals surface area contributed by atoms with Crippen molar-refractivity contribution in [3.63, 3.8) is 0 Å². The lowest BCUT2D eigenvalue weighted by Gasteiger charge is -2.33. The molecule has 1 heterocycles. The predicted octanol–water partition coefficient (Wildman–Crippen LogP) is 2.89. The first kappa shape index (κ1) is 19.6. The van der Waals surface area contributed by atoms with Crippen LogP contribution in [0.2, 0.25) is 0 Å². The molecule has 1 N–H and O–H groups in total. The van der Waals surface area contributed by atoms with Gasteiger partial charge in [-0.05, 0) is 54.6 Å². The molecule has 1 aliphatic rings. The molecule has 0 saturated carbocycles. The van der Waals surface area contributed by atoms with Gasteiger partial charge in [0.15, 0.2) is 0 Å². The zero-order chi connectivity index (χ0) is 19.9. The summed E-state index contributed by atoms with van der Waals surface area (Å²) in [5, 5.41) is 2.85. The Morgan fingerprint density at radius 3 is 2.14 bits per heavy atom. The minimum absolute atomic E-state index is 0.0768. The first-order chi connectivity index (χ1) is 13.5. The maximum absolute atomic E-state index is 12.9. The summed E-state index contributed by atoms with van der Waals surface area (Å²) in [5.74, 6) is 0.613. The molecule has 2 aromatic rings. The lowest BCUT2D eigenvalue weighted by Crippen LogP contribution is -2.50. The summed E-state index contributed by atoms with van der Waals surface area (Å²) in [7, 11) is 0. The topological polar surface area (TPSA) is 61.9 Å². The molecule has 3 rings (SSSR count). The van der Waals surface area contributed by atoms with E-state index in [2.05, 4.69) is 11.9 Å². The Morgan fingerprint density at radius 1 is 1.00 bits per heavy atom. The highest BCUT2D eigenvalue weighted by Gasteiger charge is 2.20. The highest BCUT2D eigenvalue weighted by atomic mass is 19.1. The van der Waals surface area contributed by atoms with Crippen molar-refractivity contribution in [2.45, 2.75) is 0 Å². The van der Waals surface area contributed by atoms with Crippen molar-refractivity contribution in [1.29, 1.82) is 0 Å². The van der Waals surface area contributed by atoms with Gasteiger partial charge in [0, 0.05) is 31.9 Å². The Hall–Kier alpha value is -3.19. The highest BCUT2D eigenvalue weighted by Crippen LogP contribution is 2.23. The van der Waals surface area contributed by atoms with Gasteiger partial charge in [0.1, 0.15) is 17.3 Å². The van der Waals surface area contributed by atoms with Crippen molar-refractivity contribution in [3.05, 3.63) is 67.0 Å². The zero-order valence-electron chi connectivity index (χ0n) is 15.4. The summed E-state index contributed by atoms with van der Waals surface area (Å²) in [6, 6.07) is 12.7. The van der Waals surface area contributed by atoms with Crippen LogP contribution in [0.1, 0.15) is 0 Å². The molecule has 28 heavy (non-hydrogen) atoms. The molecular formula is C21H22FN3O3. The van der Waals surface area contributed by atoms with Crippen molar-refractivity contribution < 1.29 is 18.7 Å². The summed E-state index contributed by atoms with van der Waals surface area (Å²) in [6.45, 7) is 6.24. The third-order valence-corrected chi connectivity index (χ3v) is 4.41. The smallest absolute Gasteiger partial charge is 0.246 e. The molecule has 146 valence electrons. The summed E-state index contributed by atoms with van der Waals surface area (Å²) in [4.78, 5) is 27.6. The number of benzene rings is 2. The van der Waals surface area contributed by atoms with Gasteiger partial charge in [-0.25, -0.2) is 4.39 Å². The van der Waals surface area contributed by atoms with Gasteiger partial charge >= 0.3 is 0 Å². The van der Waals surface area contributed by atoms with E-state index in [-0.39, 0.29) is 24.2 Å². The molecule has 1 saturated heterocycles. The van der Waals surface area contributed by atoms with Crippen LogP contribution in [0.3, 0.4) is 0 Å². The average molecular weight is 383 g/mol. The summed E-state index contributed by atoms with van der Waals surface area (Å²) in [5.41, 5.74) is 0.664. The molecular weight excluding hydrogens is 361 g/mol. The van der Waals surface area contributed by atoms with E-state index in [4.69, 9.17) is 4.74 Å². The second-order valence-corrected chi connectivity index (χ2v) is 6.43. The molecule has 0 spiro atoms. The van der Waals surface area contributed by atoms with Crippen LogP contribution in [-0.4, -0.2) is 54.3 Å². The second kappa shape index (κ2) is 9.14. The highest BCUT2D eigenvalue weighted by molar-refractivity contribution is 5.92. The molecule has 1 aliphatic heterocycles. The summed E-state index contributed by atoms with van der Waals surface area (Å²) >= 11 is 0. The van der Waals surface area contributed by atoms with Crippen molar-refractivity contribution >= 4 is 17.5 Å². The number of amides is 2. The van der Waals surface area contributed by atoms with Crippen LogP contribution in [-0.2, 0) is 9.59 Å². The van der Waals surface area contributed by atoms with E-state index in [1.54, 1.807) is 41.3 Å². The molecule has 0 unspecified atom stereocenters. The fourth-order valence-corrected chi connectivity index (χ4v) is 2.90. The Morgan fingerprint density at radius 2 is 1.57 bits per heavy atom. The molecule has 0 atom stereocenters. The number of hydrogen-bond donors (Lipinski definition) is 1. The largest absolute Gasteiger partial charge is 0.457 e. The number of halogens is 1. The second-order valence-electron chi connectivity index (χ2n) is 6.43. The van der Waals surface area contributed by atoms with Crippen LogP contribution in [0.5, 0.6) is 11.5 Å². The average Bonchev–Trinajstić information content (AvgIpc) is 2.71. The molecule has 1 fully saturated rings. The fourth-order valence-electron chi connectivity index (χ4n) is 2.90. The van der Waals surface area contributed by atoms with Gasteiger partial charge in [0.05, 0.1) is 6.54 Å².